The lowest BCUT2D eigenvalue weighted by Gasteiger charge is -2.24. The Morgan fingerprint density at radius 2 is 1.55 bits per heavy atom. The number of nitro benzene ring substituents is 1. The van der Waals surface area contributed by atoms with Crippen molar-refractivity contribution in [1.82, 2.24) is 5.32 Å². The summed E-state index contributed by atoms with van der Waals surface area (Å²) < 4.78 is 5.83. The first kappa shape index (κ1) is 26.2. The minimum absolute atomic E-state index is 0.0951. The number of rotatable bonds is 9. The zero-order valence-corrected chi connectivity index (χ0v) is 20.8. The van der Waals surface area contributed by atoms with Gasteiger partial charge in [0.1, 0.15) is 11.5 Å². The fourth-order valence-electron chi connectivity index (χ4n) is 3.53. The summed E-state index contributed by atoms with van der Waals surface area (Å²) in [6.45, 7) is 0.219. The second kappa shape index (κ2) is 12.4. The largest absolute Gasteiger partial charge is 0.457 e. The third-order valence-electron chi connectivity index (χ3n) is 5.41. The highest BCUT2D eigenvalue weighted by molar-refractivity contribution is 6.30. The van der Waals surface area contributed by atoms with Gasteiger partial charge in [-0.3, -0.25) is 19.8 Å². The molecule has 38 heavy (non-hydrogen) atoms. The van der Waals surface area contributed by atoms with Crippen LogP contribution in [0.5, 0.6) is 11.5 Å². The molecule has 4 aromatic rings. The third kappa shape index (κ3) is 7.08. The SMILES string of the molecule is O=C(NCCN(C(=O)Nc1ccc(Cl)cc1)c1ccc(Oc2ccccc2)cc1)c1cccc([N+](=O)[O-])c1. The number of ether oxygens (including phenoxy) is 1. The smallest absolute Gasteiger partial charge is 0.326 e. The normalized spacial score (nSPS) is 10.3. The van der Waals surface area contributed by atoms with E-state index < -0.39 is 16.9 Å². The molecule has 192 valence electrons. The quantitative estimate of drug-likeness (QED) is 0.189. The number of amides is 3. The Kier molecular flexibility index (Phi) is 8.53. The summed E-state index contributed by atoms with van der Waals surface area (Å²) >= 11 is 5.94. The van der Waals surface area contributed by atoms with Gasteiger partial charge >= 0.3 is 6.03 Å². The van der Waals surface area contributed by atoms with Crippen molar-refractivity contribution < 1.29 is 19.2 Å². The van der Waals surface area contributed by atoms with Gasteiger partial charge < -0.3 is 15.4 Å². The lowest BCUT2D eigenvalue weighted by Crippen LogP contribution is -2.41. The number of nitrogens with one attached hydrogen (secondary N) is 2. The van der Waals surface area contributed by atoms with Gasteiger partial charge in [-0.25, -0.2) is 4.79 Å². The Bertz CT molecular complexity index is 1410. The summed E-state index contributed by atoms with van der Waals surface area (Å²) in [6.07, 6.45) is 0. The number of hydrogen-bond acceptors (Lipinski definition) is 5. The molecule has 0 aliphatic carbocycles. The molecule has 0 fully saturated rings. The van der Waals surface area contributed by atoms with Crippen LogP contribution in [0.4, 0.5) is 21.9 Å². The van der Waals surface area contributed by atoms with Gasteiger partial charge in [-0.1, -0.05) is 35.9 Å². The summed E-state index contributed by atoms with van der Waals surface area (Å²) in [5.41, 5.74) is 1.09. The van der Waals surface area contributed by atoms with Gasteiger partial charge in [-0.2, -0.15) is 0 Å². The average molecular weight is 531 g/mol. The molecule has 9 nitrogen and oxygen atoms in total. The summed E-state index contributed by atoms with van der Waals surface area (Å²) in [4.78, 5) is 37.7. The molecule has 3 amide bonds. The van der Waals surface area contributed by atoms with Crippen molar-refractivity contribution in [2.75, 3.05) is 23.3 Å². The van der Waals surface area contributed by atoms with Gasteiger partial charge in [0.05, 0.1) is 4.92 Å². The maximum absolute atomic E-state index is 13.2. The predicted molar refractivity (Wildman–Crippen MR) is 146 cm³/mol. The predicted octanol–water partition coefficient (Wildman–Crippen LogP) is 6.51. The van der Waals surface area contributed by atoms with Gasteiger partial charge in [-0.05, 0) is 66.7 Å². The number of urea groups is 1. The maximum Gasteiger partial charge on any atom is 0.326 e. The lowest BCUT2D eigenvalue weighted by molar-refractivity contribution is -0.384. The maximum atomic E-state index is 13.2. The van der Waals surface area contributed by atoms with Crippen LogP contribution in [0, 0.1) is 10.1 Å². The first-order valence-electron chi connectivity index (χ1n) is 11.6. The van der Waals surface area contributed by atoms with Crippen molar-refractivity contribution in [2.24, 2.45) is 0 Å². The minimum atomic E-state index is -0.565. The van der Waals surface area contributed by atoms with Crippen molar-refractivity contribution in [3.63, 3.8) is 0 Å². The topological polar surface area (TPSA) is 114 Å². The van der Waals surface area contributed by atoms with E-state index in [0.29, 0.717) is 27.9 Å². The van der Waals surface area contributed by atoms with Gasteiger partial charge in [0.25, 0.3) is 11.6 Å². The summed E-state index contributed by atoms with van der Waals surface area (Å²) in [5, 5.41) is 17.1. The summed E-state index contributed by atoms with van der Waals surface area (Å²) in [5.74, 6) is 0.789. The molecule has 0 aliphatic heterocycles. The highest BCUT2D eigenvalue weighted by Crippen LogP contribution is 2.25. The number of para-hydroxylation sites is 1. The zero-order chi connectivity index (χ0) is 26.9. The molecule has 0 atom stereocenters. The van der Waals surface area contributed by atoms with E-state index >= 15 is 0 Å². The molecular formula is C28H23ClN4O5. The van der Waals surface area contributed by atoms with E-state index in [0.717, 1.165) is 0 Å². The van der Waals surface area contributed by atoms with Crippen molar-refractivity contribution in [3.05, 3.63) is 124 Å². The van der Waals surface area contributed by atoms with Crippen LogP contribution >= 0.6 is 11.6 Å². The molecule has 0 saturated carbocycles. The number of carbonyl (C=O) groups is 2. The number of halogens is 1. The molecule has 0 spiro atoms. The van der Waals surface area contributed by atoms with E-state index in [-0.39, 0.29) is 24.3 Å². The van der Waals surface area contributed by atoms with Crippen LogP contribution in [0.25, 0.3) is 0 Å². The van der Waals surface area contributed by atoms with Crippen LogP contribution in [0.2, 0.25) is 5.02 Å². The van der Waals surface area contributed by atoms with Gasteiger partial charge in [-0.15, -0.1) is 0 Å². The Hall–Kier alpha value is -4.89. The van der Waals surface area contributed by atoms with Crippen LogP contribution < -0.4 is 20.3 Å². The second-order valence-electron chi connectivity index (χ2n) is 8.06. The standard InChI is InChI=1S/C28H23ClN4O5/c29-21-9-11-22(12-10-21)31-28(35)32(18-17-30-27(34)20-5-4-6-24(19-20)33(36)37)23-13-15-26(16-14-23)38-25-7-2-1-3-8-25/h1-16,19H,17-18H2,(H,30,34)(H,31,35). The van der Waals surface area contributed by atoms with Crippen molar-refractivity contribution in [2.45, 2.75) is 0 Å². The van der Waals surface area contributed by atoms with Crippen LogP contribution in [-0.4, -0.2) is 30.0 Å². The number of anilines is 2. The highest BCUT2D eigenvalue weighted by atomic mass is 35.5. The molecule has 10 heteroatoms. The molecule has 4 rings (SSSR count). The van der Waals surface area contributed by atoms with Crippen molar-refractivity contribution in [3.8, 4) is 11.5 Å². The Balaban J connectivity index is 1.47. The Morgan fingerprint density at radius 3 is 2.24 bits per heavy atom. The molecule has 0 bridgehead atoms. The number of hydrogen-bond donors (Lipinski definition) is 2. The zero-order valence-electron chi connectivity index (χ0n) is 20.0. The van der Waals surface area contributed by atoms with Gasteiger partial charge in [0.2, 0.25) is 0 Å². The minimum Gasteiger partial charge on any atom is -0.457 e. The van der Waals surface area contributed by atoms with Crippen LogP contribution in [0.15, 0.2) is 103 Å². The summed E-state index contributed by atoms with van der Waals surface area (Å²) in [7, 11) is 0. The van der Waals surface area contributed by atoms with E-state index in [2.05, 4.69) is 10.6 Å². The first-order chi connectivity index (χ1) is 18.4. The molecule has 0 unspecified atom stereocenters. The molecule has 2 N–H and O–H groups in total. The summed E-state index contributed by atoms with van der Waals surface area (Å²) in [6, 6.07) is 28.0. The number of nitrogens with zero attached hydrogens (tertiary/aromatic N) is 2. The monoisotopic (exact) mass is 530 g/mol. The van der Waals surface area contributed by atoms with Crippen molar-refractivity contribution in [1.29, 1.82) is 0 Å². The van der Waals surface area contributed by atoms with Crippen LogP contribution in [0.3, 0.4) is 0 Å². The fourth-order valence-corrected chi connectivity index (χ4v) is 3.66. The van der Waals surface area contributed by atoms with Gasteiger partial charge in [0, 0.05) is 47.2 Å². The second-order valence-corrected chi connectivity index (χ2v) is 8.50. The molecule has 0 aliphatic rings. The molecule has 0 saturated heterocycles. The Morgan fingerprint density at radius 1 is 0.868 bits per heavy atom. The molecule has 0 heterocycles. The lowest BCUT2D eigenvalue weighted by atomic mass is 10.2. The fraction of sp³-hybridized carbons (Fsp3) is 0.0714. The average Bonchev–Trinajstić information content (AvgIpc) is 2.93. The van der Waals surface area contributed by atoms with E-state index in [9.17, 15) is 19.7 Å². The Labute approximate surface area is 223 Å². The third-order valence-corrected chi connectivity index (χ3v) is 5.66. The van der Waals surface area contributed by atoms with Crippen LogP contribution in [-0.2, 0) is 0 Å². The van der Waals surface area contributed by atoms with Gasteiger partial charge in [0.15, 0.2) is 0 Å². The van der Waals surface area contributed by atoms with E-state index in [4.69, 9.17) is 16.3 Å². The number of carbonyl (C=O) groups excluding carboxylic acids is 2. The molecule has 0 aromatic heterocycles. The number of benzene rings is 4. The molecular weight excluding hydrogens is 508 g/mol. The van der Waals surface area contributed by atoms with Crippen LogP contribution in [0.1, 0.15) is 10.4 Å². The van der Waals surface area contributed by atoms with E-state index in [1.165, 1.54) is 29.2 Å². The van der Waals surface area contributed by atoms with Crippen molar-refractivity contribution >= 4 is 40.6 Å². The number of non-ortho nitro benzene ring substituents is 1. The molecule has 4 aromatic carbocycles. The molecule has 0 radical (unpaired) electrons. The number of nitro groups is 1. The van der Waals surface area contributed by atoms with E-state index in [1.807, 2.05) is 30.3 Å². The van der Waals surface area contributed by atoms with E-state index in [1.54, 1.807) is 48.5 Å². The highest BCUT2D eigenvalue weighted by Gasteiger charge is 2.18. The first-order valence-corrected chi connectivity index (χ1v) is 12.0.